The number of amidine groups is 1. The van der Waals surface area contributed by atoms with Crippen LogP contribution in [0.3, 0.4) is 0 Å². The van der Waals surface area contributed by atoms with Gasteiger partial charge in [0, 0.05) is 18.9 Å². The van der Waals surface area contributed by atoms with E-state index in [1.54, 1.807) is 6.20 Å². The molecule has 0 bridgehead atoms. The molecule has 0 atom stereocenters. The third-order valence-corrected chi connectivity index (χ3v) is 1.51. The van der Waals surface area contributed by atoms with Crippen molar-refractivity contribution in [2.24, 2.45) is 5.73 Å². The molecule has 0 aromatic carbocycles. The van der Waals surface area contributed by atoms with Gasteiger partial charge >= 0.3 is 0 Å². The van der Waals surface area contributed by atoms with Crippen LogP contribution in [0.4, 0.5) is 0 Å². The van der Waals surface area contributed by atoms with Gasteiger partial charge in [-0.15, -0.1) is 0 Å². The zero-order chi connectivity index (χ0) is 9.14. The second-order valence-electron chi connectivity index (χ2n) is 2.28. The largest absolute Gasteiger partial charge is 0.382 e. The van der Waals surface area contributed by atoms with Gasteiger partial charge in [0.15, 0.2) is 5.69 Å². The first-order valence-electron chi connectivity index (χ1n) is 3.56. The van der Waals surface area contributed by atoms with Crippen molar-refractivity contribution in [3.8, 4) is 0 Å². The minimum absolute atomic E-state index is 0.0133. The molecule has 0 amide bonds. The molecule has 0 fully saturated rings. The first kappa shape index (κ1) is 8.45. The maximum absolute atomic E-state index is 11.3. The molecule has 12 heavy (non-hydrogen) atoms. The van der Waals surface area contributed by atoms with Gasteiger partial charge in [-0.3, -0.25) is 10.2 Å². The maximum Gasteiger partial charge on any atom is 0.280 e. The third kappa shape index (κ3) is 1.34. The number of hydrogen-bond acceptors (Lipinski definition) is 3. The van der Waals surface area contributed by atoms with E-state index in [-0.39, 0.29) is 17.1 Å². The molecule has 0 saturated carbocycles. The summed E-state index contributed by atoms with van der Waals surface area (Å²) in [7, 11) is 0. The Morgan fingerprint density at radius 3 is 3.00 bits per heavy atom. The van der Waals surface area contributed by atoms with Gasteiger partial charge in [0.2, 0.25) is 0 Å². The van der Waals surface area contributed by atoms with Gasteiger partial charge in [0.1, 0.15) is 5.84 Å². The molecule has 0 aliphatic rings. The molecule has 1 rings (SSSR count). The highest BCUT2D eigenvalue weighted by Gasteiger charge is 2.05. The Balaban J connectivity index is 3.33. The maximum atomic E-state index is 11.3. The highest BCUT2D eigenvalue weighted by atomic mass is 16.1. The number of nitrogens with zero attached hydrogens (tertiary/aromatic N) is 2. The van der Waals surface area contributed by atoms with Crippen molar-refractivity contribution in [1.82, 2.24) is 9.55 Å². The fourth-order valence-corrected chi connectivity index (χ4v) is 0.881. The number of nitrogens with two attached hydrogens (primary N) is 1. The molecule has 0 saturated heterocycles. The SMILES string of the molecule is CCn1ccnc(C(=N)N)c1=O. The lowest BCUT2D eigenvalue weighted by Gasteiger charge is -2.01. The normalized spacial score (nSPS) is 9.75. The molecule has 0 unspecified atom stereocenters. The van der Waals surface area contributed by atoms with Gasteiger partial charge in [-0.1, -0.05) is 0 Å². The van der Waals surface area contributed by atoms with Crippen molar-refractivity contribution in [1.29, 1.82) is 5.41 Å². The van der Waals surface area contributed by atoms with Crippen LogP contribution >= 0.6 is 0 Å². The van der Waals surface area contributed by atoms with Crippen LogP contribution in [0.25, 0.3) is 0 Å². The van der Waals surface area contributed by atoms with Crippen molar-refractivity contribution >= 4 is 5.84 Å². The minimum Gasteiger partial charge on any atom is -0.382 e. The average molecular weight is 166 g/mol. The fourth-order valence-electron chi connectivity index (χ4n) is 0.881. The highest BCUT2D eigenvalue weighted by Crippen LogP contribution is 1.84. The van der Waals surface area contributed by atoms with Crippen LogP contribution in [0.15, 0.2) is 17.2 Å². The van der Waals surface area contributed by atoms with Crippen molar-refractivity contribution < 1.29 is 0 Å². The van der Waals surface area contributed by atoms with Crippen LogP contribution < -0.4 is 11.3 Å². The lowest BCUT2D eigenvalue weighted by Crippen LogP contribution is -2.30. The number of aryl methyl sites for hydroxylation is 1. The van der Waals surface area contributed by atoms with Gasteiger partial charge < -0.3 is 10.3 Å². The third-order valence-electron chi connectivity index (χ3n) is 1.51. The van der Waals surface area contributed by atoms with Crippen LogP contribution in [-0.4, -0.2) is 15.4 Å². The Morgan fingerprint density at radius 2 is 2.50 bits per heavy atom. The molecule has 0 radical (unpaired) electrons. The fraction of sp³-hybridized carbons (Fsp3) is 0.286. The summed E-state index contributed by atoms with van der Waals surface area (Å²) in [5.74, 6) is -0.289. The molecule has 1 heterocycles. The lowest BCUT2D eigenvalue weighted by molar-refractivity contribution is 0.714. The van der Waals surface area contributed by atoms with E-state index in [0.29, 0.717) is 6.54 Å². The molecule has 3 N–H and O–H groups in total. The van der Waals surface area contributed by atoms with Crippen LogP contribution in [0.5, 0.6) is 0 Å². The van der Waals surface area contributed by atoms with E-state index in [1.807, 2.05) is 6.92 Å². The van der Waals surface area contributed by atoms with E-state index in [9.17, 15) is 4.79 Å². The zero-order valence-electron chi connectivity index (χ0n) is 6.74. The van der Waals surface area contributed by atoms with Gasteiger partial charge in [-0.2, -0.15) is 0 Å². The number of nitrogens with one attached hydrogen (secondary N) is 1. The van der Waals surface area contributed by atoms with Crippen LogP contribution in [-0.2, 0) is 6.54 Å². The Labute approximate surface area is 69.4 Å². The number of aromatic nitrogens is 2. The average Bonchev–Trinajstić information content (AvgIpc) is 2.04. The van der Waals surface area contributed by atoms with Crippen LogP contribution in [0.1, 0.15) is 12.6 Å². The van der Waals surface area contributed by atoms with Crippen LogP contribution in [0.2, 0.25) is 0 Å². The van der Waals surface area contributed by atoms with E-state index in [1.165, 1.54) is 10.8 Å². The Kier molecular flexibility index (Phi) is 2.23. The van der Waals surface area contributed by atoms with Crippen LogP contribution in [0, 0.1) is 5.41 Å². The van der Waals surface area contributed by atoms with Crippen molar-refractivity contribution in [3.63, 3.8) is 0 Å². The summed E-state index contributed by atoms with van der Waals surface area (Å²) in [5, 5.41) is 7.05. The molecule has 5 nitrogen and oxygen atoms in total. The topological polar surface area (TPSA) is 84.8 Å². The van der Waals surface area contributed by atoms with E-state index in [0.717, 1.165) is 0 Å². The smallest absolute Gasteiger partial charge is 0.280 e. The number of rotatable bonds is 2. The molecule has 0 spiro atoms. The summed E-state index contributed by atoms with van der Waals surface area (Å²) in [5.41, 5.74) is 4.85. The lowest BCUT2D eigenvalue weighted by atomic mass is 10.4. The monoisotopic (exact) mass is 166 g/mol. The van der Waals surface area contributed by atoms with Gasteiger partial charge in [-0.05, 0) is 6.92 Å². The summed E-state index contributed by atoms with van der Waals surface area (Å²) in [6.07, 6.45) is 3.02. The summed E-state index contributed by atoms with van der Waals surface area (Å²) in [4.78, 5) is 15.0. The summed E-state index contributed by atoms with van der Waals surface area (Å²) >= 11 is 0. The zero-order valence-corrected chi connectivity index (χ0v) is 6.74. The molecule has 64 valence electrons. The predicted molar refractivity (Wildman–Crippen MR) is 45.2 cm³/mol. The second-order valence-corrected chi connectivity index (χ2v) is 2.28. The molecular weight excluding hydrogens is 156 g/mol. The summed E-state index contributed by atoms with van der Waals surface area (Å²) < 4.78 is 1.45. The van der Waals surface area contributed by atoms with Gasteiger partial charge in [-0.25, -0.2) is 4.98 Å². The molecular formula is C7H10N4O. The Morgan fingerprint density at radius 1 is 1.83 bits per heavy atom. The number of hydrogen-bond donors (Lipinski definition) is 2. The van der Waals surface area contributed by atoms with E-state index in [2.05, 4.69) is 4.98 Å². The van der Waals surface area contributed by atoms with E-state index >= 15 is 0 Å². The van der Waals surface area contributed by atoms with Crippen molar-refractivity contribution in [3.05, 3.63) is 28.4 Å². The highest BCUT2D eigenvalue weighted by molar-refractivity contribution is 5.92. The molecule has 5 heteroatoms. The summed E-state index contributed by atoms with van der Waals surface area (Å²) in [6, 6.07) is 0. The van der Waals surface area contributed by atoms with Gasteiger partial charge in [0.25, 0.3) is 5.56 Å². The quantitative estimate of drug-likeness (QED) is 0.461. The minimum atomic E-state index is -0.312. The Bertz CT molecular complexity index is 355. The predicted octanol–water partition coefficient (Wildman–Crippen LogP) is -0.453. The summed E-state index contributed by atoms with van der Waals surface area (Å²) in [6.45, 7) is 2.40. The molecule has 0 aliphatic carbocycles. The van der Waals surface area contributed by atoms with Crippen molar-refractivity contribution in [2.45, 2.75) is 13.5 Å². The number of nitrogen functional groups attached to an aromatic ring is 1. The van der Waals surface area contributed by atoms with E-state index < -0.39 is 0 Å². The molecule has 0 aliphatic heterocycles. The molecule has 1 aromatic rings. The first-order valence-corrected chi connectivity index (χ1v) is 3.56. The van der Waals surface area contributed by atoms with Crippen molar-refractivity contribution in [2.75, 3.05) is 0 Å². The van der Waals surface area contributed by atoms with E-state index in [4.69, 9.17) is 11.1 Å². The van der Waals surface area contributed by atoms with Gasteiger partial charge in [0.05, 0.1) is 0 Å². The Hall–Kier alpha value is -1.65. The standard InChI is InChI=1S/C7H10N4O/c1-2-11-4-3-10-5(6(8)9)7(11)12/h3-4H,2H2,1H3,(H3,8,9). The molecule has 1 aromatic heterocycles. The first-order chi connectivity index (χ1) is 5.66. The second kappa shape index (κ2) is 3.17.